The van der Waals surface area contributed by atoms with Gasteiger partial charge in [0, 0.05) is 0 Å². The highest BCUT2D eigenvalue weighted by atomic mass is 19.4. The molecule has 1 nitrogen and oxygen atoms in total. The minimum atomic E-state index is -4.29. The first kappa shape index (κ1) is 14.9. The minimum absolute atomic E-state index is 0.000911. The summed E-state index contributed by atoms with van der Waals surface area (Å²) in [5, 5.41) is 0. The molecular formula is C14H19F3O. The molecule has 4 heteroatoms. The summed E-state index contributed by atoms with van der Waals surface area (Å²) in [4.78, 5) is 0. The van der Waals surface area contributed by atoms with Gasteiger partial charge in [-0.25, -0.2) is 0 Å². The lowest BCUT2D eigenvalue weighted by Crippen LogP contribution is -2.19. The van der Waals surface area contributed by atoms with E-state index in [-0.39, 0.29) is 6.10 Å². The highest BCUT2D eigenvalue weighted by Crippen LogP contribution is 2.35. The van der Waals surface area contributed by atoms with Crippen LogP contribution in [0.15, 0.2) is 18.2 Å². The van der Waals surface area contributed by atoms with Crippen LogP contribution in [0.3, 0.4) is 0 Å². The summed E-state index contributed by atoms with van der Waals surface area (Å²) in [7, 11) is 0. The lowest BCUT2D eigenvalue weighted by Gasteiger charge is -2.24. The van der Waals surface area contributed by atoms with E-state index in [4.69, 9.17) is 4.74 Å². The first-order chi connectivity index (χ1) is 8.38. The van der Waals surface area contributed by atoms with Gasteiger partial charge in [-0.05, 0) is 37.5 Å². The second-order valence-corrected chi connectivity index (χ2v) is 4.49. The summed E-state index contributed by atoms with van der Waals surface area (Å²) in [5.41, 5.74) is 0.219. The molecule has 2 rings (SSSR count). The van der Waals surface area contributed by atoms with Crippen LogP contribution < -0.4 is 4.74 Å². The zero-order valence-corrected chi connectivity index (χ0v) is 11.0. The van der Waals surface area contributed by atoms with Gasteiger partial charge in [0.25, 0.3) is 0 Å². The average molecular weight is 260 g/mol. The van der Waals surface area contributed by atoms with Crippen LogP contribution in [-0.2, 0) is 12.6 Å². The van der Waals surface area contributed by atoms with Crippen LogP contribution in [-0.4, -0.2) is 6.10 Å². The van der Waals surface area contributed by atoms with Gasteiger partial charge in [-0.15, -0.1) is 0 Å². The van der Waals surface area contributed by atoms with Crippen LogP contribution in [0.2, 0.25) is 0 Å². The zero-order valence-electron chi connectivity index (χ0n) is 11.0. The van der Waals surface area contributed by atoms with Crippen LogP contribution >= 0.6 is 0 Å². The fourth-order valence-corrected chi connectivity index (χ4v) is 1.68. The van der Waals surface area contributed by atoms with Gasteiger partial charge in [0.05, 0.1) is 11.7 Å². The largest absolute Gasteiger partial charge is 0.490 e. The molecule has 0 amide bonds. The summed E-state index contributed by atoms with van der Waals surface area (Å²) >= 11 is 0. The van der Waals surface area contributed by atoms with Crippen molar-refractivity contribution >= 4 is 0 Å². The van der Waals surface area contributed by atoms with E-state index < -0.39 is 11.7 Å². The third kappa shape index (κ3) is 3.93. The maximum atomic E-state index is 12.4. The van der Waals surface area contributed by atoms with Crippen molar-refractivity contribution < 1.29 is 17.9 Å². The van der Waals surface area contributed by atoms with Crippen LogP contribution in [0.5, 0.6) is 5.75 Å². The maximum Gasteiger partial charge on any atom is 0.416 e. The molecule has 0 spiro atoms. The summed E-state index contributed by atoms with van der Waals surface area (Å²) < 4.78 is 42.6. The lowest BCUT2D eigenvalue weighted by atomic mass is 10.0. The highest BCUT2D eigenvalue weighted by molar-refractivity contribution is 5.40. The van der Waals surface area contributed by atoms with Gasteiger partial charge in [-0.3, -0.25) is 0 Å². The number of fused-ring (bicyclic) bond motifs is 1. The Morgan fingerprint density at radius 2 is 1.89 bits per heavy atom. The zero-order chi connectivity index (χ0) is 13.8. The van der Waals surface area contributed by atoms with E-state index in [1.165, 1.54) is 12.5 Å². The number of halogens is 3. The van der Waals surface area contributed by atoms with E-state index in [0.717, 1.165) is 30.5 Å². The van der Waals surface area contributed by atoms with Crippen LogP contribution in [0, 0.1) is 0 Å². The average Bonchev–Trinajstić information content (AvgIpc) is 2.28. The number of benzene rings is 1. The molecule has 0 radical (unpaired) electrons. The van der Waals surface area contributed by atoms with Crippen molar-refractivity contribution in [3.05, 3.63) is 29.3 Å². The molecule has 0 saturated heterocycles. The molecule has 102 valence electrons. The molecule has 1 aliphatic rings. The summed E-state index contributed by atoms with van der Waals surface area (Å²) in [5.74, 6) is 0.378. The van der Waals surface area contributed by atoms with Gasteiger partial charge in [-0.1, -0.05) is 26.3 Å². The Morgan fingerprint density at radius 1 is 1.28 bits per heavy atom. The molecule has 0 bridgehead atoms. The Bertz CT molecular complexity index is 385. The molecule has 0 N–H and O–H groups in total. The number of ether oxygens (including phenoxy) is 1. The lowest BCUT2D eigenvalue weighted by molar-refractivity contribution is -0.137. The molecule has 0 saturated carbocycles. The molecule has 1 aliphatic heterocycles. The summed E-state index contributed by atoms with van der Waals surface area (Å²) in [6.45, 7) is 6.11. The topological polar surface area (TPSA) is 9.23 Å². The van der Waals surface area contributed by atoms with Crippen molar-refractivity contribution in [1.29, 1.82) is 0 Å². The standard InChI is InChI=1S/C11H11F3O.C3H8/c1-7-2-3-8-4-5-9(11(12,13)14)6-10(8)15-7;1-3-2/h4-7H,2-3H2,1H3;3H2,1-2H3. The highest BCUT2D eigenvalue weighted by Gasteiger charge is 2.32. The molecule has 1 atom stereocenters. The van der Waals surface area contributed by atoms with E-state index in [1.807, 2.05) is 6.92 Å². The first-order valence-corrected chi connectivity index (χ1v) is 6.25. The van der Waals surface area contributed by atoms with Crippen LogP contribution in [0.1, 0.15) is 44.7 Å². The van der Waals surface area contributed by atoms with E-state index in [2.05, 4.69) is 13.8 Å². The van der Waals surface area contributed by atoms with Gasteiger partial charge < -0.3 is 4.74 Å². The summed E-state index contributed by atoms with van der Waals surface area (Å²) in [6.07, 6.45) is -1.40. The fourth-order valence-electron chi connectivity index (χ4n) is 1.68. The number of alkyl halides is 3. The van der Waals surface area contributed by atoms with Crippen molar-refractivity contribution in [2.45, 2.75) is 52.3 Å². The molecule has 0 fully saturated rings. The molecule has 1 unspecified atom stereocenters. The quantitative estimate of drug-likeness (QED) is 0.649. The predicted octanol–water partition coefficient (Wildman–Crippen LogP) is 4.84. The number of rotatable bonds is 0. The second-order valence-electron chi connectivity index (χ2n) is 4.49. The number of hydrogen-bond donors (Lipinski definition) is 0. The van der Waals surface area contributed by atoms with Gasteiger partial charge in [-0.2, -0.15) is 13.2 Å². The Kier molecular flexibility index (Phi) is 5.05. The molecule has 1 aromatic rings. The third-order valence-corrected chi connectivity index (χ3v) is 2.54. The van der Waals surface area contributed by atoms with Gasteiger partial charge in [0.2, 0.25) is 0 Å². The van der Waals surface area contributed by atoms with Crippen molar-refractivity contribution in [2.75, 3.05) is 0 Å². The monoisotopic (exact) mass is 260 g/mol. The maximum absolute atomic E-state index is 12.4. The van der Waals surface area contributed by atoms with Crippen LogP contribution in [0.4, 0.5) is 13.2 Å². The van der Waals surface area contributed by atoms with Gasteiger partial charge in [0.1, 0.15) is 5.75 Å². The SMILES string of the molecule is CC1CCc2ccc(C(F)(F)F)cc2O1.CCC. The molecule has 18 heavy (non-hydrogen) atoms. The van der Waals surface area contributed by atoms with E-state index >= 15 is 0 Å². The first-order valence-electron chi connectivity index (χ1n) is 6.25. The minimum Gasteiger partial charge on any atom is -0.490 e. The second kappa shape index (κ2) is 6.12. The van der Waals surface area contributed by atoms with E-state index in [0.29, 0.717) is 5.75 Å². The third-order valence-electron chi connectivity index (χ3n) is 2.54. The summed E-state index contributed by atoms with van der Waals surface area (Å²) in [6, 6.07) is 3.70. The molecular weight excluding hydrogens is 241 g/mol. The smallest absolute Gasteiger partial charge is 0.416 e. The van der Waals surface area contributed by atoms with Crippen molar-refractivity contribution in [3.63, 3.8) is 0 Å². The van der Waals surface area contributed by atoms with E-state index in [1.54, 1.807) is 0 Å². The number of aryl methyl sites for hydroxylation is 1. The van der Waals surface area contributed by atoms with Crippen molar-refractivity contribution in [2.24, 2.45) is 0 Å². The van der Waals surface area contributed by atoms with Crippen molar-refractivity contribution in [3.8, 4) is 5.75 Å². The van der Waals surface area contributed by atoms with Gasteiger partial charge in [0.15, 0.2) is 0 Å². The Hall–Kier alpha value is -1.19. The Labute approximate surface area is 106 Å². The van der Waals surface area contributed by atoms with Gasteiger partial charge >= 0.3 is 6.18 Å². The predicted molar refractivity (Wildman–Crippen MR) is 65.8 cm³/mol. The van der Waals surface area contributed by atoms with Crippen LogP contribution in [0.25, 0.3) is 0 Å². The molecule has 0 aromatic heterocycles. The Balaban J connectivity index is 0.000000492. The van der Waals surface area contributed by atoms with Crippen molar-refractivity contribution in [1.82, 2.24) is 0 Å². The number of hydrogen-bond acceptors (Lipinski definition) is 1. The normalized spacial score (nSPS) is 18.2. The van der Waals surface area contributed by atoms with E-state index in [9.17, 15) is 13.2 Å². The molecule has 0 aliphatic carbocycles. The fraction of sp³-hybridized carbons (Fsp3) is 0.571. The molecule has 1 aromatic carbocycles. The Morgan fingerprint density at radius 3 is 2.44 bits per heavy atom. The molecule has 1 heterocycles.